The molecule has 1 N–H and O–H groups in total. The third-order valence-corrected chi connectivity index (χ3v) is 4.12. The molecule has 0 unspecified atom stereocenters. The molecular formula is C12H17ClF2N4. The van der Waals surface area contributed by atoms with E-state index in [4.69, 9.17) is 11.6 Å². The van der Waals surface area contributed by atoms with Gasteiger partial charge in [0.05, 0.1) is 6.54 Å². The van der Waals surface area contributed by atoms with Gasteiger partial charge in [-0.2, -0.15) is 0 Å². The van der Waals surface area contributed by atoms with Gasteiger partial charge in [-0.15, -0.1) is 0 Å². The van der Waals surface area contributed by atoms with Crippen molar-refractivity contribution in [2.24, 2.45) is 4.99 Å². The molecule has 3 heterocycles. The lowest BCUT2D eigenvalue weighted by molar-refractivity contribution is 0.0176. The maximum Gasteiger partial charge on any atom is 0.266 e. The Labute approximate surface area is 116 Å². The number of alkyl halides is 2. The zero-order valence-electron chi connectivity index (χ0n) is 10.6. The average Bonchev–Trinajstić information content (AvgIpc) is 2.99. The Morgan fingerprint density at radius 2 is 1.89 bits per heavy atom. The number of nitrogens with zero attached hydrogens (tertiary/aromatic N) is 3. The van der Waals surface area contributed by atoms with Crippen LogP contribution in [0.25, 0.3) is 0 Å². The predicted molar refractivity (Wildman–Crippen MR) is 70.3 cm³/mol. The molecule has 0 bridgehead atoms. The Balaban J connectivity index is 1.80. The van der Waals surface area contributed by atoms with Gasteiger partial charge in [0.1, 0.15) is 23.4 Å². The van der Waals surface area contributed by atoms with Crippen molar-refractivity contribution in [1.29, 1.82) is 0 Å². The lowest BCUT2D eigenvalue weighted by Gasteiger charge is -2.30. The van der Waals surface area contributed by atoms with Crippen LogP contribution in [0.1, 0.15) is 19.3 Å². The summed E-state index contributed by atoms with van der Waals surface area (Å²) in [6, 6.07) is 0. The van der Waals surface area contributed by atoms with Crippen LogP contribution in [0.5, 0.6) is 0 Å². The number of hydrogen-bond donors (Lipinski definition) is 1. The van der Waals surface area contributed by atoms with Crippen LogP contribution in [0.4, 0.5) is 8.78 Å². The molecule has 0 aliphatic carbocycles. The van der Waals surface area contributed by atoms with E-state index in [1.165, 1.54) is 0 Å². The van der Waals surface area contributed by atoms with Gasteiger partial charge in [0.25, 0.3) is 5.92 Å². The Kier molecular flexibility index (Phi) is 3.28. The van der Waals surface area contributed by atoms with Gasteiger partial charge in [-0.25, -0.2) is 13.8 Å². The van der Waals surface area contributed by atoms with Crippen LogP contribution < -0.4 is 5.32 Å². The van der Waals surface area contributed by atoms with Gasteiger partial charge < -0.3 is 15.1 Å². The molecule has 0 aromatic rings. The molecule has 4 nitrogen and oxygen atoms in total. The highest BCUT2D eigenvalue weighted by Gasteiger charge is 2.41. The number of nitrogens with one attached hydrogen (secondary N) is 1. The van der Waals surface area contributed by atoms with E-state index < -0.39 is 5.92 Å². The van der Waals surface area contributed by atoms with Crippen molar-refractivity contribution in [3.8, 4) is 0 Å². The minimum Gasteiger partial charge on any atom is -0.357 e. The lowest BCUT2D eigenvalue weighted by Crippen LogP contribution is -2.40. The Morgan fingerprint density at radius 1 is 1.16 bits per heavy atom. The SMILES string of the molecule is FC1(F)CCN(C2=NCNC(N3CCCC3)=C2Cl)C1. The van der Waals surface area contributed by atoms with Gasteiger partial charge in [-0.1, -0.05) is 11.6 Å². The highest BCUT2D eigenvalue weighted by Crippen LogP contribution is 2.30. The first-order chi connectivity index (χ1) is 9.07. The monoisotopic (exact) mass is 290 g/mol. The van der Waals surface area contributed by atoms with Gasteiger partial charge in [0.2, 0.25) is 0 Å². The van der Waals surface area contributed by atoms with Crippen LogP contribution in [-0.2, 0) is 0 Å². The summed E-state index contributed by atoms with van der Waals surface area (Å²) in [5.41, 5.74) is 0. The molecule has 7 heteroatoms. The van der Waals surface area contributed by atoms with E-state index in [1.807, 2.05) is 0 Å². The Bertz CT molecular complexity index is 429. The molecule has 0 spiro atoms. The zero-order chi connectivity index (χ0) is 13.5. The molecule has 106 valence electrons. The summed E-state index contributed by atoms with van der Waals surface area (Å²) in [5, 5.41) is 3.63. The molecule has 19 heavy (non-hydrogen) atoms. The van der Waals surface area contributed by atoms with Crippen LogP contribution in [-0.4, -0.2) is 54.4 Å². The summed E-state index contributed by atoms with van der Waals surface area (Å²) in [6.45, 7) is 2.36. The third-order valence-electron chi connectivity index (χ3n) is 3.77. The number of halogens is 3. The number of rotatable bonds is 1. The predicted octanol–water partition coefficient (Wildman–Crippen LogP) is 1.79. The van der Waals surface area contributed by atoms with Gasteiger partial charge in [0, 0.05) is 26.1 Å². The summed E-state index contributed by atoms with van der Waals surface area (Å²) in [6.07, 6.45) is 2.16. The fourth-order valence-electron chi connectivity index (χ4n) is 2.79. The van der Waals surface area contributed by atoms with Crippen molar-refractivity contribution >= 4 is 17.4 Å². The summed E-state index contributed by atoms with van der Waals surface area (Å²) < 4.78 is 26.6. The summed E-state index contributed by atoms with van der Waals surface area (Å²) >= 11 is 6.36. The van der Waals surface area contributed by atoms with Crippen LogP contribution in [0, 0.1) is 0 Å². The average molecular weight is 291 g/mol. The molecule has 0 radical (unpaired) electrons. The minimum atomic E-state index is -2.63. The van der Waals surface area contributed by atoms with E-state index >= 15 is 0 Å². The number of hydrogen-bond acceptors (Lipinski definition) is 4. The highest BCUT2D eigenvalue weighted by molar-refractivity contribution is 6.43. The van der Waals surface area contributed by atoms with Gasteiger partial charge in [-0.3, -0.25) is 0 Å². The van der Waals surface area contributed by atoms with Crippen LogP contribution in [0.2, 0.25) is 0 Å². The largest absolute Gasteiger partial charge is 0.357 e. The Hall–Kier alpha value is -1.04. The fourth-order valence-corrected chi connectivity index (χ4v) is 3.15. The van der Waals surface area contributed by atoms with Crippen LogP contribution in [0.15, 0.2) is 15.8 Å². The second-order valence-electron chi connectivity index (χ2n) is 5.20. The van der Waals surface area contributed by atoms with Gasteiger partial charge in [0.15, 0.2) is 0 Å². The van der Waals surface area contributed by atoms with Crippen LogP contribution in [0.3, 0.4) is 0 Å². The van der Waals surface area contributed by atoms with Crippen molar-refractivity contribution < 1.29 is 8.78 Å². The molecule has 0 amide bonds. The first-order valence-corrected chi connectivity index (χ1v) is 7.01. The first-order valence-electron chi connectivity index (χ1n) is 6.63. The second-order valence-corrected chi connectivity index (χ2v) is 5.58. The molecule has 3 aliphatic heterocycles. The van der Waals surface area contributed by atoms with Crippen molar-refractivity contribution in [3.63, 3.8) is 0 Å². The Morgan fingerprint density at radius 3 is 2.53 bits per heavy atom. The van der Waals surface area contributed by atoms with Crippen molar-refractivity contribution in [1.82, 2.24) is 15.1 Å². The van der Waals surface area contributed by atoms with Crippen molar-refractivity contribution in [3.05, 3.63) is 10.9 Å². The molecule has 2 fully saturated rings. The number of aliphatic imine (C=N–C) groups is 1. The standard InChI is InChI=1S/C12H17ClF2N4/c13-9-10(18-4-1-2-5-18)16-8-17-11(9)19-6-3-12(14,15)7-19/h16H,1-8H2. The van der Waals surface area contributed by atoms with E-state index in [0.29, 0.717) is 24.1 Å². The lowest BCUT2D eigenvalue weighted by atomic mass is 10.3. The third kappa shape index (κ3) is 2.50. The van der Waals surface area contributed by atoms with Crippen LogP contribution >= 0.6 is 11.6 Å². The molecule has 3 rings (SSSR count). The minimum absolute atomic E-state index is 0.122. The second kappa shape index (κ2) is 4.81. The van der Waals surface area contributed by atoms with E-state index in [1.54, 1.807) is 4.90 Å². The van der Waals surface area contributed by atoms with Gasteiger partial charge in [-0.05, 0) is 12.8 Å². The number of likely N-dealkylation sites (tertiary alicyclic amines) is 2. The highest BCUT2D eigenvalue weighted by atomic mass is 35.5. The van der Waals surface area contributed by atoms with Crippen molar-refractivity contribution in [2.75, 3.05) is 32.8 Å². The molecule has 0 atom stereocenters. The zero-order valence-corrected chi connectivity index (χ0v) is 11.4. The molecule has 0 aromatic heterocycles. The maximum atomic E-state index is 13.3. The molecule has 0 saturated carbocycles. The van der Waals surface area contributed by atoms with E-state index in [-0.39, 0.29) is 13.0 Å². The summed E-state index contributed by atoms with van der Waals surface area (Å²) in [7, 11) is 0. The van der Waals surface area contributed by atoms with Gasteiger partial charge >= 0.3 is 0 Å². The number of amidine groups is 1. The molecule has 0 aromatic carbocycles. The molecular weight excluding hydrogens is 274 g/mol. The first kappa shape index (κ1) is 13.0. The molecule has 2 saturated heterocycles. The maximum absolute atomic E-state index is 13.3. The molecule has 3 aliphatic rings. The summed E-state index contributed by atoms with van der Waals surface area (Å²) in [5.74, 6) is -1.27. The quantitative estimate of drug-likeness (QED) is 0.799. The normalized spacial score (nSPS) is 26.8. The van der Waals surface area contributed by atoms with E-state index in [9.17, 15) is 8.78 Å². The smallest absolute Gasteiger partial charge is 0.266 e. The van der Waals surface area contributed by atoms with Crippen molar-refractivity contribution in [2.45, 2.75) is 25.2 Å². The summed E-state index contributed by atoms with van der Waals surface area (Å²) in [4.78, 5) is 8.03. The fraction of sp³-hybridized carbons (Fsp3) is 0.750. The van der Waals surface area contributed by atoms with E-state index in [2.05, 4.69) is 15.2 Å². The topological polar surface area (TPSA) is 30.9 Å². The van der Waals surface area contributed by atoms with E-state index in [0.717, 1.165) is 31.8 Å².